The van der Waals surface area contributed by atoms with E-state index in [0.717, 1.165) is 53.1 Å². The largest absolute Gasteiger partial charge is 0.457 e. The second-order valence-electron chi connectivity index (χ2n) is 13.0. The molecule has 0 radical (unpaired) electrons. The van der Waals surface area contributed by atoms with Gasteiger partial charge in [0.15, 0.2) is 0 Å². The molecule has 0 aliphatic carbocycles. The van der Waals surface area contributed by atoms with Crippen molar-refractivity contribution in [2.75, 3.05) is 25.5 Å². The van der Waals surface area contributed by atoms with E-state index in [0.29, 0.717) is 44.8 Å². The molecule has 8 heteroatoms. The molecule has 0 spiro atoms. The van der Waals surface area contributed by atoms with Crippen molar-refractivity contribution >= 4 is 22.6 Å². The van der Waals surface area contributed by atoms with Crippen LogP contribution in [0.5, 0.6) is 11.5 Å². The van der Waals surface area contributed by atoms with E-state index in [-0.39, 0.29) is 17.2 Å². The van der Waals surface area contributed by atoms with E-state index < -0.39 is 5.41 Å². The van der Waals surface area contributed by atoms with E-state index in [9.17, 15) is 4.79 Å². The molecule has 8 nitrogen and oxygen atoms in total. The summed E-state index contributed by atoms with van der Waals surface area (Å²) in [5, 5.41) is 4.11. The number of aromatic nitrogens is 3. The highest BCUT2D eigenvalue weighted by molar-refractivity contribution is 5.83. The zero-order valence-corrected chi connectivity index (χ0v) is 25.9. The Morgan fingerprint density at radius 2 is 1.84 bits per heavy atom. The number of ether oxygens (including phenoxy) is 2. The lowest BCUT2D eigenvalue weighted by molar-refractivity contribution is -0.121. The van der Waals surface area contributed by atoms with Crippen LogP contribution in [0.25, 0.3) is 10.9 Å². The van der Waals surface area contributed by atoms with Crippen LogP contribution >= 0.6 is 0 Å². The van der Waals surface area contributed by atoms with Crippen LogP contribution in [-0.4, -0.2) is 40.2 Å². The van der Waals surface area contributed by atoms with E-state index in [4.69, 9.17) is 25.2 Å². The first-order valence-corrected chi connectivity index (χ1v) is 15.4. The molecule has 3 N–H and O–H groups in total. The number of nitrogens with two attached hydrogens (primary N) is 1. The third-order valence-electron chi connectivity index (χ3n) is 8.72. The lowest BCUT2D eigenvalue weighted by atomic mass is 9.62. The number of benzene rings is 2. The first-order chi connectivity index (χ1) is 20.6. The van der Waals surface area contributed by atoms with Gasteiger partial charge in [0.1, 0.15) is 23.1 Å². The third kappa shape index (κ3) is 7.54. The summed E-state index contributed by atoms with van der Waals surface area (Å²) >= 11 is 0. The van der Waals surface area contributed by atoms with E-state index in [2.05, 4.69) is 36.7 Å². The van der Waals surface area contributed by atoms with Crippen molar-refractivity contribution in [3.8, 4) is 11.5 Å². The van der Waals surface area contributed by atoms with Crippen molar-refractivity contribution in [2.24, 2.45) is 18.4 Å². The molecule has 4 aromatic rings. The van der Waals surface area contributed by atoms with Crippen molar-refractivity contribution in [1.29, 1.82) is 0 Å². The topological polar surface area (TPSA) is 104 Å². The fourth-order valence-corrected chi connectivity index (χ4v) is 6.24. The summed E-state index contributed by atoms with van der Waals surface area (Å²) in [7, 11) is 2.02. The maximum absolute atomic E-state index is 13.3. The summed E-state index contributed by atoms with van der Waals surface area (Å²) in [5.41, 5.74) is 8.30. The first-order valence-electron chi connectivity index (χ1n) is 15.4. The van der Waals surface area contributed by atoms with Crippen LogP contribution in [0.3, 0.4) is 0 Å². The van der Waals surface area contributed by atoms with Crippen LogP contribution in [0.4, 0.5) is 5.82 Å². The van der Waals surface area contributed by atoms with Gasteiger partial charge in [-0.2, -0.15) is 0 Å². The van der Waals surface area contributed by atoms with E-state index >= 15 is 0 Å². The average molecular weight is 584 g/mol. The van der Waals surface area contributed by atoms with Crippen LogP contribution in [0.1, 0.15) is 64.3 Å². The molecule has 2 aromatic carbocycles. The van der Waals surface area contributed by atoms with Crippen molar-refractivity contribution in [3.05, 3.63) is 78.4 Å². The minimum absolute atomic E-state index is 0.0615. The summed E-state index contributed by atoms with van der Waals surface area (Å²) < 4.78 is 14.0. The molecular weight excluding hydrogens is 538 g/mol. The number of hydrogen-bond acceptors (Lipinski definition) is 6. The zero-order valence-electron chi connectivity index (χ0n) is 25.9. The Morgan fingerprint density at radius 1 is 1.07 bits per heavy atom. The molecule has 228 valence electrons. The van der Waals surface area contributed by atoms with E-state index in [1.165, 1.54) is 0 Å². The van der Waals surface area contributed by atoms with Crippen LogP contribution in [0.15, 0.2) is 67.0 Å². The Morgan fingerprint density at radius 3 is 2.53 bits per heavy atom. The van der Waals surface area contributed by atoms with E-state index in [1.54, 1.807) is 0 Å². The summed E-state index contributed by atoms with van der Waals surface area (Å²) in [4.78, 5) is 22.9. The maximum atomic E-state index is 13.3. The van der Waals surface area contributed by atoms with Crippen molar-refractivity contribution in [2.45, 2.75) is 64.7 Å². The molecule has 1 saturated heterocycles. The standard InChI is InChI=1S/C35H45N5O3/c1-34(2,3)16-17-38-32(41)12-15-35(26-13-20-42-21-14-26,24-31-37-18-19-40(31)4)29-23-25-22-28(10-11-30(25)39-33(29)36)43-27-8-6-5-7-9-27/h5-11,18-19,22-23,26H,12-17,20-21,24H2,1-4H3,(H2,36,39)(H,38,41). The smallest absolute Gasteiger partial charge is 0.220 e. The highest BCUT2D eigenvalue weighted by Gasteiger charge is 2.44. The second-order valence-corrected chi connectivity index (χ2v) is 13.0. The van der Waals surface area contributed by atoms with E-state index in [1.807, 2.05) is 68.0 Å². The number of hydrogen-bond donors (Lipinski definition) is 2. The Kier molecular flexibility index (Phi) is 9.35. The van der Waals surface area contributed by atoms with Gasteiger partial charge in [0.2, 0.25) is 5.91 Å². The number of nitrogens with one attached hydrogen (secondary N) is 1. The fourth-order valence-electron chi connectivity index (χ4n) is 6.24. The molecule has 1 atom stereocenters. The van der Waals surface area contributed by atoms with Gasteiger partial charge in [-0.25, -0.2) is 9.97 Å². The van der Waals surface area contributed by atoms with Gasteiger partial charge in [0.25, 0.3) is 0 Å². The Balaban J connectivity index is 1.55. The van der Waals surface area contributed by atoms with Crippen LogP contribution in [0, 0.1) is 11.3 Å². The number of carbonyl (C=O) groups excluding carboxylic acids is 1. The number of rotatable bonds is 11. The predicted molar refractivity (Wildman–Crippen MR) is 171 cm³/mol. The molecule has 0 bridgehead atoms. The van der Waals surface area contributed by atoms with Crippen molar-refractivity contribution in [1.82, 2.24) is 19.9 Å². The molecule has 5 rings (SSSR count). The first kappa shape index (κ1) is 30.5. The molecule has 43 heavy (non-hydrogen) atoms. The van der Waals surface area contributed by atoms with Gasteiger partial charge in [0, 0.05) is 68.4 Å². The minimum Gasteiger partial charge on any atom is -0.457 e. The van der Waals surface area contributed by atoms with Crippen molar-refractivity contribution < 1.29 is 14.3 Å². The zero-order chi connectivity index (χ0) is 30.5. The number of fused-ring (bicyclic) bond motifs is 1. The summed E-state index contributed by atoms with van der Waals surface area (Å²) in [5.74, 6) is 3.26. The average Bonchev–Trinajstić information content (AvgIpc) is 3.39. The lowest BCUT2D eigenvalue weighted by Crippen LogP contribution is -2.43. The quantitative estimate of drug-likeness (QED) is 0.207. The highest BCUT2D eigenvalue weighted by Crippen LogP contribution is 2.47. The fraction of sp³-hybridized carbons (Fsp3) is 0.457. The number of aryl methyl sites for hydroxylation is 1. The number of nitrogens with zero attached hydrogens (tertiary/aromatic N) is 3. The Bertz CT molecular complexity index is 1520. The number of para-hydroxylation sites is 1. The summed E-state index contributed by atoms with van der Waals surface area (Å²) in [6.45, 7) is 8.59. The van der Waals surface area contributed by atoms with Gasteiger partial charge < -0.3 is 25.1 Å². The van der Waals surface area contributed by atoms with Gasteiger partial charge in [-0.05, 0) is 73.4 Å². The number of carbonyl (C=O) groups is 1. The molecule has 1 fully saturated rings. The minimum atomic E-state index is -0.466. The molecule has 3 heterocycles. The summed E-state index contributed by atoms with van der Waals surface area (Å²) in [6, 6.07) is 17.8. The van der Waals surface area contributed by atoms with Crippen molar-refractivity contribution in [3.63, 3.8) is 0 Å². The monoisotopic (exact) mass is 583 g/mol. The summed E-state index contributed by atoms with van der Waals surface area (Å²) in [6.07, 6.45) is 8.15. The Labute approximate surface area is 255 Å². The number of nitrogen functional groups attached to an aromatic ring is 1. The molecule has 1 aliphatic rings. The second kappa shape index (κ2) is 13.2. The number of anilines is 1. The van der Waals surface area contributed by atoms with Crippen LogP contribution in [-0.2, 0) is 28.4 Å². The van der Waals surface area contributed by atoms with Crippen LogP contribution in [0.2, 0.25) is 0 Å². The van der Waals surface area contributed by atoms with Gasteiger partial charge in [-0.15, -0.1) is 0 Å². The molecule has 1 aliphatic heterocycles. The predicted octanol–water partition coefficient (Wildman–Crippen LogP) is 6.58. The number of pyridine rings is 1. The highest BCUT2D eigenvalue weighted by atomic mass is 16.5. The van der Waals surface area contributed by atoms with Gasteiger partial charge in [-0.1, -0.05) is 39.0 Å². The van der Waals surface area contributed by atoms with Crippen LogP contribution < -0.4 is 15.8 Å². The maximum Gasteiger partial charge on any atom is 0.220 e. The molecule has 1 amide bonds. The molecule has 0 saturated carbocycles. The number of imidazole rings is 1. The van der Waals surface area contributed by atoms with Gasteiger partial charge in [-0.3, -0.25) is 4.79 Å². The van der Waals surface area contributed by atoms with Gasteiger partial charge >= 0.3 is 0 Å². The normalized spacial score (nSPS) is 15.7. The SMILES string of the molecule is Cn1ccnc1CC(CCC(=O)NCCC(C)(C)C)(c1cc2cc(Oc3ccccc3)ccc2nc1N)C1CCOCC1. The molecule has 2 aromatic heterocycles. The Hall–Kier alpha value is -3.91. The molecule has 1 unspecified atom stereocenters. The lowest BCUT2D eigenvalue weighted by Gasteiger charge is -2.43. The molecular formula is C35H45N5O3. The van der Waals surface area contributed by atoms with Gasteiger partial charge in [0.05, 0.1) is 5.52 Å². The third-order valence-corrected chi connectivity index (χ3v) is 8.72. The number of amides is 1.